The summed E-state index contributed by atoms with van der Waals surface area (Å²) >= 11 is 9.32. The fourth-order valence-electron chi connectivity index (χ4n) is 3.07. The minimum atomic E-state index is -0.157. The standard InChI is InChI=1S/C25H19BrI2N2O3S/c1-2-32-19-9-7-18(8-10-19)29-25-30-24(31)22(34-25)13-16-11-20(27)23(21(28)12-16)33-14-15-3-5-17(26)6-4-15/h3-13H,2,14H2,1H3,(H,29,30,31)/b22-13+. The summed E-state index contributed by atoms with van der Waals surface area (Å²) in [4.78, 5) is 17.6. The fourth-order valence-corrected chi connectivity index (χ4v) is 6.30. The Bertz CT molecular complexity index is 1240. The lowest BCUT2D eigenvalue weighted by molar-refractivity contribution is -0.115. The summed E-state index contributed by atoms with van der Waals surface area (Å²) in [5.74, 6) is 1.48. The molecule has 9 heteroatoms. The Hall–Kier alpha value is -1.57. The number of nitrogens with zero attached hydrogens (tertiary/aromatic N) is 1. The van der Waals surface area contributed by atoms with Crippen LogP contribution in [0.3, 0.4) is 0 Å². The number of hydrogen-bond donors (Lipinski definition) is 1. The molecule has 174 valence electrons. The summed E-state index contributed by atoms with van der Waals surface area (Å²) in [5, 5.41) is 3.39. The molecule has 0 bridgehead atoms. The topological polar surface area (TPSA) is 59.9 Å². The van der Waals surface area contributed by atoms with Crippen LogP contribution in [0.1, 0.15) is 18.1 Å². The SMILES string of the molecule is CCOc1ccc(N=C2NC(=O)/C(=C\c3cc(I)c(OCc4ccc(Br)cc4)c(I)c3)S2)cc1. The van der Waals surface area contributed by atoms with E-state index in [0.717, 1.165) is 39.9 Å². The van der Waals surface area contributed by atoms with Crippen molar-refractivity contribution < 1.29 is 14.3 Å². The van der Waals surface area contributed by atoms with E-state index < -0.39 is 0 Å². The smallest absolute Gasteiger partial charge is 0.264 e. The number of ether oxygens (including phenoxy) is 2. The Morgan fingerprint density at radius 3 is 2.35 bits per heavy atom. The van der Waals surface area contributed by atoms with Crippen molar-refractivity contribution in [2.45, 2.75) is 13.5 Å². The second kappa shape index (κ2) is 11.9. The number of amides is 1. The summed E-state index contributed by atoms with van der Waals surface area (Å²) in [6.45, 7) is 3.05. The molecule has 1 N–H and O–H groups in total. The number of halogens is 3. The highest BCUT2D eigenvalue weighted by molar-refractivity contribution is 14.1. The van der Waals surface area contributed by atoms with Gasteiger partial charge in [-0.25, -0.2) is 4.99 Å². The van der Waals surface area contributed by atoms with Crippen LogP contribution in [0.4, 0.5) is 5.69 Å². The molecule has 4 rings (SSSR count). The Morgan fingerprint density at radius 2 is 1.71 bits per heavy atom. The van der Waals surface area contributed by atoms with Crippen molar-refractivity contribution in [1.29, 1.82) is 0 Å². The number of thioether (sulfide) groups is 1. The molecule has 1 aliphatic heterocycles. The molecular weight excluding hydrogens is 742 g/mol. The van der Waals surface area contributed by atoms with E-state index in [-0.39, 0.29) is 5.91 Å². The van der Waals surface area contributed by atoms with Crippen molar-refractivity contribution in [3.8, 4) is 11.5 Å². The van der Waals surface area contributed by atoms with Gasteiger partial charge in [-0.2, -0.15) is 0 Å². The zero-order chi connectivity index (χ0) is 24.1. The van der Waals surface area contributed by atoms with Gasteiger partial charge in [0.15, 0.2) is 5.17 Å². The van der Waals surface area contributed by atoms with E-state index in [1.165, 1.54) is 11.8 Å². The number of carbonyl (C=O) groups is 1. The second-order valence-electron chi connectivity index (χ2n) is 7.14. The minimum Gasteiger partial charge on any atom is -0.494 e. The van der Waals surface area contributed by atoms with Gasteiger partial charge in [0.25, 0.3) is 5.91 Å². The lowest BCUT2D eigenvalue weighted by Crippen LogP contribution is -2.19. The van der Waals surface area contributed by atoms with Gasteiger partial charge in [0, 0.05) is 4.47 Å². The number of nitrogens with one attached hydrogen (secondary N) is 1. The molecule has 3 aromatic rings. The maximum atomic E-state index is 12.5. The first kappa shape index (κ1) is 25.5. The van der Waals surface area contributed by atoms with E-state index in [1.54, 1.807) is 0 Å². The average Bonchev–Trinajstić information content (AvgIpc) is 3.14. The molecule has 0 spiro atoms. The monoisotopic (exact) mass is 760 g/mol. The van der Waals surface area contributed by atoms with Crippen LogP contribution in [0, 0.1) is 7.14 Å². The quantitative estimate of drug-likeness (QED) is 0.200. The zero-order valence-electron chi connectivity index (χ0n) is 18.0. The van der Waals surface area contributed by atoms with Crippen molar-refractivity contribution in [2.75, 3.05) is 6.61 Å². The molecule has 0 atom stereocenters. The maximum absolute atomic E-state index is 12.5. The molecule has 0 aliphatic carbocycles. The molecule has 5 nitrogen and oxygen atoms in total. The number of benzene rings is 3. The third kappa shape index (κ3) is 6.76. The normalized spacial score (nSPS) is 15.6. The molecule has 0 saturated carbocycles. The van der Waals surface area contributed by atoms with Crippen molar-refractivity contribution in [1.82, 2.24) is 5.32 Å². The van der Waals surface area contributed by atoms with Gasteiger partial charge in [-0.3, -0.25) is 4.79 Å². The molecule has 34 heavy (non-hydrogen) atoms. The van der Waals surface area contributed by atoms with Gasteiger partial charge in [-0.15, -0.1) is 0 Å². The predicted molar refractivity (Wildman–Crippen MR) is 159 cm³/mol. The maximum Gasteiger partial charge on any atom is 0.264 e. The van der Waals surface area contributed by atoms with E-state index in [1.807, 2.05) is 73.7 Å². The van der Waals surface area contributed by atoms with Crippen molar-refractivity contribution >= 4 is 95.7 Å². The van der Waals surface area contributed by atoms with Crippen molar-refractivity contribution in [2.24, 2.45) is 4.99 Å². The number of amidine groups is 1. The average molecular weight is 761 g/mol. The van der Waals surface area contributed by atoms with Gasteiger partial charge in [0.2, 0.25) is 0 Å². The van der Waals surface area contributed by atoms with E-state index in [4.69, 9.17) is 9.47 Å². The molecule has 1 heterocycles. The lowest BCUT2D eigenvalue weighted by Gasteiger charge is -2.12. The van der Waals surface area contributed by atoms with Crippen LogP contribution in [0.2, 0.25) is 0 Å². The third-order valence-corrected chi connectivity index (χ3v) is 7.69. The summed E-state index contributed by atoms with van der Waals surface area (Å²) in [6.07, 6.45) is 1.88. The first-order valence-corrected chi connectivity index (χ1v) is 14.1. The molecule has 1 fully saturated rings. The highest BCUT2D eigenvalue weighted by Crippen LogP contribution is 2.33. The Morgan fingerprint density at radius 1 is 1.03 bits per heavy atom. The Balaban J connectivity index is 1.46. The first-order chi connectivity index (χ1) is 16.4. The van der Waals surface area contributed by atoms with Crippen LogP contribution in [-0.2, 0) is 11.4 Å². The first-order valence-electron chi connectivity index (χ1n) is 10.3. The minimum absolute atomic E-state index is 0.157. The van der Waals surface area contributed by atoms with Gasteiger partial charge in [0.1, 0.15) is 18.1 Å². The van der Waals surface area contributed by atoms with Crippen LogP contribution >= 0.6 is 72.9 Å². The largest absolute Gasteiger partial charge is 0.494 e. The van der Waals surface area contributed by atoms with Crippen molar-refractivity contribution in [3.05, 3.63) is 88.3 Å². The number of aliphatic imine (C=N–C) groups is 1. The van der Waals surface area contributed by atoms with E-state index in [2.05, 4.69) is 71.4 Å². The lowest BCUT2D eigenvalue weighted by atomic mass is 10.2. The van der Waals surface area contributed by atoms with Gasteiger partial charge in [-0.05, 0) is 130 Å². The number of carbonyl (C=O) groups excluding carboxylic acids is 1. The van der Waals surface area contributed by atoms with Crippen LogP contribution in [-0.4, -0.2) is 17.7 Å². The fraction of sp³-hybridized carbons (Fsp3) is 0.120. The summed E-state index contributed by atoms with van der Waals surface area (Å²) in [5.41, 5.74) is 2.79. The molecule has 1 saturated heterocycles. The molecule has 0 unspecified atom stereocenters. The van der Waals surface area contributed by atoms with Crippen LogP contribution in [0.25, 0.3) is 6.08 Å². The van der Waals surface area contributed by atoms with Crippen LogP contribution in [0.5, 0.6) is 11.5 Å². The molecule has 1 amide bonds. The third-order valence-electron chi connectivity index (χ3n) is 4.64. The van der Waals surface area contributed by atoms with Gasteiger partial charge >= 0.3 is 0 Å². The van der Waals surface area contributed by atoms with E-state index in [9.17, 15) is 4.79 Å². The molecule has 1 aliphatic rings. The number of rotatable bonds is 7. The molecule has 0 aromatic heterocycles. The van der Waals surface area contributed by atoms with E-state index in [0.29, 0.717) is 23.3 Å². The molecule has 0 radical (unpaired) electrons. The highest BCUT2D eigenvalue weighted by atomic mass is 127. The molecule has 3 aromatic carbocycles. The molecular formula is C25H19BrI2N2O3S. The highest BCUT2D eigenvalue weighted by Gasteiger charge is 2.24. The predicted octanol–water partition coefficient (Wildman–Crippen LogP) is 7.53. The Labute approximate surface area is 238 Å². The van der Waals surface area contributed by atoms with Crippen LogP contribution < -0.4 is 14.8 Å². The van der Waals surface area contributed by atoms with Crippen molar-refractivity contribution in [3.63, 3.8) is 0 Å². The summed E-state index contributed by atoms with van der Waals surface area (Å²) < 4.78 is 14.6. The van der Waals surface area contributed by atoms with E-state index >= 15 is 0 Å². The summed E-state index contributed by atoms with van der Waals surface area (Å²) in [6, 6.07) is 19.6. The Kier molecular flexibility index (Phi) is 8.94. The van der Waals surface area contributed by atoms with Gasteiger partial charge in [0.05, 0.1) is 24.3 Å². The van der Waals surface area contributed by atoms with Gasteiger partial charge < -0.3 is 14.8 Å². The van der Waals surface area contributed by atoms with Crippen LogP contribution in [0.15, 0.2) is 75.0 Å². The second-order valence-corrected chi connectivity index (χ2v) is 11.4. The number of hydrogen-bond acceptors (Lipinski definition) is 5. The zero-order valence-corrected chi connectivity index (χ0v) is 24.7. The summed E-state index contributed by atoms with van der Waals surface area (Å²) in [7, 11) is 0. The van der Waals surface area contributed by atoms with Gasteiger partial charge in [-0.1, -0.05) is 28.1 Å².